The average Bonchev–Trinajstić information content (AvgIpc) is 3.10. The molecule has 0 saturated carbocycles. The summed E-state index contributed by atoms with van der Waals surface area (Å²) in [6.45, 7) is 3.78. The van der Waals surface area contributed by atoms with Gasteiger partial charge in [0.05, 0.1) is 5.57 Å². The second-order valence-corrected chi connectivity index (χ2v) is 8.12. The summed E-state index contributed by atoms with van der Waals surface area (Å²) in [5, 5.41) is 19.0. The van der Waals surface area contributed by atoms with E-state index in [1.807, 2.05) is 49.4 Å². The van der Waals surface area contributed by atoms with Crippen LogP contribution in [0.4, 0.5) is 0 Å². The number of carboxylic acid groups (broad SMARTS) is 2. The fourth-order valence-electron chi connectivity index (χ4n) is 4.29. The molecule has 1 unspecified atom stereocenters. The number of likely N-dealkylation sites (N-methyl/N-ethyl adjacent to an activating group) is 1. The number of hydrogen-bond donors (Lipinski definition) is 2. The molecule has 3 rings (SSSR count). The number of carboxylic acids is 2. The van der Waals surface area contributed by atoms with Gasteiger partial charge in [-0.25, -0.2) is 9.59 Å². The van der Waals surface area contributed by atoms with Crippen molar-refractivity contribution in [3.8, 4) is 0 Å². The molecule has 162 valence electrons. The minimum absolute atomic E-state index is 0.0794. The van der Waals surface area contributed by atoms with E-state index in [2.05, 4.69) is 24.1 Å². The summed E-state index contributed by atoms with van der Waals surface area (Å²) >= 11 is 0. The molecule has 1 atom stereocenters. The fourth-order valence-corrected chi connectivity index (χ4v) is 4.29. The Morgan fingerprint density at radius 2 is 1.74 bits per heavy atom. The molecule has 0 aliphatic heterocycles. The zero-order chi connectivity index (χ0) is 22.4. The Hall–Kier alpha value is -3.18. The normalized spacial score (nSPS) is 15.6. The van der Waals surface area contributed by atoms with Crippen LogP contribution in [0.2, 0.25) is 0 Å². The van der Waals surface area contributed by atoms with E-state index < -0.39 is 17.9 Å². The van der Waals surface area contributed by atoms with Crippen molar-refractivity contribution in [3.63, 3.8) is 0 Å². The SMILES string of the molecule is Cc1cccc2c1C(C(=CC(=O)O)C(=O)O)C(CCCN(C)CCc1ccccc1)=C2. The zero-order valence-electron chi connectivity index (χ0n) is 18.0. The molecular weight excluding hydrogens is 390 g/mol. The largest absolute Gasteiger partial charge is 0.478 e. The van der Waals surface area contributed by atoms with E-state index in [1.165, 1.54) is 5.56 Å². The van der Waals surface area contributed by atoms with Gasteiger partial charge in [-0.3, -0.25) is 0 Å². The van der Waals surface area contributed by atoms with E-state index in [0.717, 1.165) is 60.7 Å². The summed E-state index contributed by atoms with van der Waals surface area (Å²) < 4.78 is 0. The van der Waals surface area contributed by atoms with Crippen LogP contribution >= 0.6 is 0 Å². The first-order chi connectivity index (χ1) is 14.9. The van der Waals surface area contributed by atoms with Crippen molar-refractivity contribution in [2.24, 2.45) is 0 Å². The first-order valence-electron chi connectivity index (χ1n) is 10.6. The Labute approximate surface area is 183 Å². The number of benzene rings is 2. The topological polar surface area (TPSA) is 77.8 Å². The lowest BCUT2D eigenvalue weighted by Gasteiger charge is -2.21. The molecule has 31 heavy (non-hydrogen) atoms. The highest BCUT2D eigenvalue weighted by molar-refractivity contribution is 5.98. The highest BCUT2D eigenvalue weighted by atomic mass is 16.4. The molecule has 0 aromatic heterocycles. The standard InChI is InChI=1S/C26H29NO4/c1-18-8-6-11-20-16-21(25(24(18)20)22(26(30)31)17-23(28)29)12-7-14-27(2)15-13-19-9-4-3-5-10-19/h3-6,8-11,16-17,25H,7,12-15H2,1-2H3,(H,28,29)(H,30,31). The van der Waals surface area contributed by atoms with Crippen LogP contribution in [-0.4, -0.2) is 47.2 Å². The van der Waals surface area contributed by atoms with Gasteiger partial charge < -0.3 is 15.1 Å². The lowest BCUT2D eigenvalue weighted by atomic mass is 9.84. The average molecular weight is 420 g/mol. The molecule has 0 radical (unpaired) electrons. The van der Waals surface area contributed by atoms with E-state index in [0.29, 0.717) is 0 Å². The molecule has 2 aromatic carbocycles. The minimum atomic E-state index is -1.24. The third-order valence-corrected chi connectivity index (χ3v) is 5.83. The lowest BCUT2D eigenvalue weighted by molar-refractivity contribution is -0.135. The Bertz CT molecular complexity index is 1010. The molecule has 0 fully saturated rings. The molecule has 1 aliphatic rings. The van der Waals surface area contributed by atoms with Gasteiger partial charge in [-0.05, 0) is 62.0 Å². The van der Waals surface area contributed by atoms with Crippen molar-refractivity contribution in [2.75, 3.05) is 20.1 Å². The van der Waals surface area contributed by atoms with E-state index in [9.17, 15) is 19.8 Å². The zero-order valence-corrected chi connectivity index (χ0v) is 18.0. The van der Waals surface area contributed by atoms with E-state index >= 15 is 0 Å². The number of aliphatic carboxylic acids is 2. The maximum atomic E-state index is 11.9. The van der Waals surface area contributed by atoms with Crippen molar-refractivity contribution >= 4 is 18.0 Å². The Morgan fingerprint density at radius 3 is 2.42 bits per heavy atom. The highest BCUT2D eigenvalue weighted by Crippen LogP contribution is 2.44. The maximum absolute atomic E-state index is 11.9. The summed E-state index contributed by atoms with van der Waals surface area (Å²) in [5.74, 6) is -2.94. The van der Waals surface area contributed by atoms with Gasteiger partial charge in [0.1, 0.15) is 0 Å². The van der Waals surface area contributed by atoms with Gasteiger partial charge in [-0.1, -0.05) is 60.2 Å². The van der Waals surface area contributed by atoms with Crippen LogP contribution in [0.1, 0.15) is 41.0 Å². The number of fused-ring (bicyclic) bond motifs is 1. The van der Waals surface area contributed by atoms with Gasteiger partial charge in [0.2, 0.25) is 0 Å². The summed E-state index contributed by atoms with van der Waals surface area (Å²) in [5.41, 5.74) is 5.06. The number of aryl methyl sites for hydroxylation is 1. The van der Waals surface area contributed by atoms with Gasteiger partial charge in [0, 0.05) is 18.5 Å². The van der Waals surface area contributed by atoms with Gasteiger partial charge in [0.15, 0.2) is 0 Å². The van der Waals surface area contributed by atoms with Crippen LogP contribution < -0.4 is 0 Å². The van der Waals surface area contributed by atoms with Crippen molar-refractivity contribution in [1.29, 1.82) is 0 Å². The van der Waals surface area contributed by atoms with Crippen molar-refractivity contribution in [2.45, 2.75) is 32.1 Å². The number of allylic oxidation sites excluding steroid dienone is 1. The summed E-state index contributed by atoms with van der Waals surface area (Å²) in [6, 6.07) is 16.2. The van der Waals surface area contributed by atoms with E-state index in [4.69, 9.17) is 0 Å². The molecule has 2 N–H and O–H groups in total. The van der Waals surface area contributed by atoms with Crippen LogP contribution in [0.25, 0.3) is 6.08 Å². The summed E-state index contributed by atoms with van der Waals surface area (Å²) in [7, 11) is 2.09. The Balaban J connectivity index is 1.70. The van der Waals surface area contributed by atoms with Gasteiger partial charge in [0.25, 0.3) is 0 Å². The maximum Gasteiger partial charge on any atom is 0.332 e. The van der Waals surface area contributed by atoms with E-state index in [-0.39, 0.29) is 5.57 Å². The quantitative estimate of drug-likeness (QED) is 0.554. The summed E-state index contributed by atoms with van der Waals surface area (Å²) in [4.78, 5) is 25.5. The lowest BCUT2D eigenvalue weighted by Crippen LogP contribution is -2.23. The van der Waals surface area contributed by atoms with Crippen LogP contribution in [-0.2, 0) is 16.0 Å². The molecule has 2 aromatic rings. The van der Waals surface area contributed by atoms with E-state index in [1.54, 1.807) is 0 Å². The second-order valence-electron chi connectivity index (χ2n) is 8.12. The number of carbonyl (C=O) groups is 2. The van der Waals surface area contributed by atoms with Crippen molar-refractivity contribution in [3.05, 3.63) is 88.0 Å². The second kappa shape index (κ2) is 10.2. The first-order valence-corrected chi connectivity index (χ1v) is 10.6. The monoisotopic (exact) mass is 419 g/mol. The molecule has 0 saturated heterocycles. The van der Waals surface area contributed by atoms with Gasteiger partial charge in [-0.15, -0.1) is 0 Å². The van der Waals surface area contributed by atoms with Crippen LogP contribution in [0.15, 0.2) is 65.8 Å². The van der Waals surface area contributed by atoms with Crippen LogP contribution in [0.5, 0.6) is 0 Å². The number of hydrogen-bond acceptors (Lipinski definition) is 3. The fraction of sp³-hybridized carbons (Fsp3) is 0.308. The molecule has 0 heterocycles. The number of nitrogens with zero attached hydrogens (tertiary/aromatic N) is 1. The molecular formula is C26H29NO4. The minimum Gasteiger partial charge on any atom is -0.478 e. The Morgan fingerprint density at radius 1 is 1.00 bits per heavy atom. The first kappa shape index (κ1) is 22.5. The Kier molecular flexibility index (Phi) is 7.42. The van der Waals surface area contributed by atoms with Gasteiger partial charge >= 0.3 is 11.9 Å². The molecule has 0 bridgehead atoms. The molecule has 0 amide bonds. The molecule has 0 spiro atoms. The van der Waals surface area contributed by atoms with Crippen molar-refractivity contribution < 1.29 is 19.8 Å². The third-order valence-electron chi connectivity index (χ3n) is 5.83. The molecule has 5 heteroatoms. The molecule has 1 aliphatic carbocycles. The predicted molar refractivity (Wildman–Crippen MR) is 122 cm³/mol. The predicted octanol–water partition coefficient (Wildman–Crippen LogP) is 4.53. The van der Waals surface area contributed by atoms with Crippen LogP contribution in [0.3, 0.4) is 0 Å². The number of rotatable bonds is 10. The smallest absolute Gasteiger partial charge is 0.332 e. The third kappa shape index (κ3) is 5.70. The van der Waals surface area contributed by atoms with Gasteiger partial charge in [-0.2, -0.15) is 0 Å². The molecule has 5 nitrogen and oxygen atoms in total. The highest BCUT2D eigenvalue weighted by Gasteiger charge is 2.33. The summed E-state index contributed by atoms with van der Waals surface area (Å²) in [6.07, 6.45) is 5.46. The van der Waals surface area contributed by atoms with Crippen LogP contribution in [0, 0.1) is 6.92 Å². The van der Waals surface area contributed by atoms with Crippen molar-refractivity contribution in [1.82, 2.24) is 4.90 Å².